The predicted octanol–water partition coefficient (Wildman–Crippen LogP) is 3.13. The van der Waals surface area contributed by atoms with E-state index in [9.17, 15) is 19.1 Å². The molecular formula is C19H17FO5. The quantitative estimate of drug-likeness (QED) is 0.475. The predicted molar refractivity (Wildman–Crippen MR) is 88.6 cm³/mol. The molecule has 0 spiro atoms. The van der Waals surface area contributed by atoms with E-state index in [0.29, 0.717) is 17.9 Å². The molecule has 0 aliphatic heterocycles. The van der Waals surface area contributed by atoms with Crippen LogP contribution < -0.4 is 4.74 Å². The van der Waals surface area contributed by atoms with Crippen molar-refractivity contribution in [2.45, 2.75) is 13.0 Å². The number of aliphatic hydroxyl groups is 1. The van der Waals surface area contributed by atoms with Gasteiger partial charge in [0.05, 0.1) is 7.11 Å². The molecule has 0 bridgehead atoms. The van der Waals surface area contributed by atoms with Crippen LogP contribution in [0.15, 0.2) is 60.4 Å². The summed E-state index contributed by atoms with van der Waals surface area (Å²) in [7, 11) is 1.11. The standard InChI is InChI=1S/C19H17FO5/c1-24-19(23)18(22)11-16(21)10-13-4-8-17(9-5-13)25-12-14-2-6-15(20)7-3-14/h2-9,11,22H,10,12H2,1H3. The van der Waals surface area contributed by atoms with Crippen LogP contribution in [0.2, 0.25) is 0 Å². The van der Waals surface area contributed by atoms with Crippen LogP contribution in [0.25, 0.3) is 0 Å². The minimum absolute atomic E-state index is 0.0271. The van der Waals surface area contributed by atoms with Gasteiger partial charge in [-0.2, -0.15) is 0 Å². The van der Waals surface area contributed by atoms with Gasteiger partial charge in [-0.3, -0.25) is 4.79 Å². The molecule has 25 heavy (non-hydrogen) atoms. The van der Waals surface area contributed by atoms with Crippen molar-refractivity contribution in [3.63, 3.8) is 0 Å². The largest absolute Gasteiger partial charge is 0.502 e. The van der Waals surface area contributed by atoms with E-state index in [1.807, 2.05) is 0 Å². The minimum Gasteiger partial charge on any atom is -0.502 e. The monoisotopic (exact) mass is 344 g/mol. The van der Waals surface area contributed by atoms with Gasteiger partial charge in [0.25, 0.3) is 0 Å². The lowest BCUT2D eigenvalue weighted by molar-refractivity contribution is -0.139. The number of allylic oxidation sites excluding steroid dienone is 1. The maximum atomic E-state index is 12.8. The number of hydrogen-bond acceptors (Lipinski definition) is 5. The Morgan fingerprint density at radius 3 is 2.24 bits per heavy atom. The lowest BCUT2D eigenvalue weighted by atomic mass is 10.1. The molecule has 0 saturated heterocycles. The van der Waals surface area contributed by atoms with Crippen LogP contribution in [0.5, 0.6) is 5.75 Å². The van der Waals surface area contributed by atoms with E-state index in [4.69, 9.17) is 4.74 Å². The van der Waals surface area contributed by atoms with Gasteiger partial charge in [0.1, 0.15) is 18.2 Å². The molecule has 2 rings (SSSR count). The number of halogens is 1. The van der Waals surface area contributed by atoms with Crippen LogP contribution in [0, 0.1) is 5.82 Å². The first-order valence-electron chi connectivity index (χ1n) is 7.46. The average molecular weight is 344 g/mol. The Labute approximate surface area is 144 Å². The van der Waals surface area contributed by atoms with Crippen LogP contribution in [-0.4, -0.2) is 24.0 Å². The molecule has 0 fully saturated rings. The van der Waals surface area contributed by atoms with E-state index in [2.05, 4.69) is 4.74 Å². The number of methoxy groups -OCH3 is 1. The number of esters is 1. The fraction of sp³-hybridized carbons (Fsp3) is 0.158. The average Bonchev–Trinajstić information content (AvgIpc) is 2.61. The van der Waals surface area contributed by atoms with E-state index in [1.165, 1.54) is 12.1 Å². The Morgan fingerprint density at radius 1 is 1.04 bits per heavy atom. The summed E-state index contributed by atoms with van der Waals surface area (Å²) in [6.07, 6.45) is 0.865. The van der Waals surface area contributed by atoms with Gasteiger partial charge in [0.2, 0.25) is 5.76 Å². The number of ketones is 1. The van der Waals surface area contributed by atoms with Gasteiger partial charge in [-0.1, -0.05) is 24.3 Å². The topological polar surface area (TPSA) is 72.8 Å². The Kier molecular flexibility index (Phi) is 6.28. The molecule has 0 aliphatic carbocycles. The van der Waals surface area contributed by atoms with Gasteiger partial charge in [-0.05, 0) is 35.4 Å². The van der Waals surface area contributed by atoms with Gasteiger partial charge in [0.15, 0.2) is 5.78 Å². The van der Waals surface area contributed by atoms with E-state index >= 15 is 0 Å². The molecule has 5 nitrogen and oxygen atoms in total. The third-order valence-electron chi connectivity index (χ3n) is 3.31. The first-order valence-corrected chi connectivity index (χ1v) is 7.46. The second-order valence-electron chi connectivity index (χ2n) is 5.22. The maximum Gasteiger partial charge on any atom is 0.373 e. The molecule has 0 saturated carbocycles. The van der Waals surface area contributed by atoms with Crippen molar-refractivity contribution in [2.75, 3.05) is 7.11 Å². The second-order valence-corrected chi connectivity index (χ2v) is 5.22. The van der Waals surface area contributed by atoms with Gasteiger partial charge in [0, 0.05) is 12.5 Å². The van der Waals surface area contributed by atoms with Crippen LogP contribution >= 0.6 is 0 Å². The summed E-state index contributed by atoms with van der Waals surface area (Å²) in [6.45, 7) is 0.300. The third-order valence-corrected chi connectivity index (χ3v) is 3.31. The summed E-state index contributed by atoms with van der Waals surface area (Å²) in [5, 5.41) is 9.33. The maximum absolute atomic E-state index is 12.8. The molecule has 6 heteroatoms. The van der Waals surface area contributed by atoms with Crippen molar-refractivity contribution < 1.29 is 28.6 Å². The fourth-order valence-corrected chi connectivity index (χ4v) is 2.02. The zero-order valence-corrected chi connectivity index (χ0v) is 13.6. The van der Waals surface area contributed by atoms with Crippen LogP contribution in [0.1, 0.15) is 11.1 Å². The van der Waals surface area contributed by atoms with Crippen molar-refractivity contribution in [3.05, 3.63) is 77.3 Å². The minimum atomic E-state index is -0.960. The van der Waals surface area contributed by atoms with E-state index in [-0.39, 0.29) is 12.2 Å². The zero-order chi connectivity index (χ0) is 18.2. The SMILES string of the molecule is COC(=O)C(O)=CC(=O)Cc1ccc(OCc2ccc(F)cc2)cc1. The van der Waals surface area contributed by atoms with Crippen molar-refractivity contribution in [2.24, 2.45) is 0 Å². The molecule has 0 aliphatic rings. The van der Waals surface area contributed by atoms with Crippen LogP contribution in [0.3, 0.4) is 0 Å². The van der Waals surface area contributed by atoms with Crippen LogP contribution in [-0.2, 0) is 27.4 Å². The highest BCUT2D eigenvalue weighted by atomic mass is 19.1. The second kappa shape index (κ2) is 8.63. The molecule has 0 heterocycles. The first kappa shape index (κ1) is 18.2. The summed E-state index contributed by atoms with van der Waals surface area (Å²) < 4.78 is 22.7. The summed E-state index contributed by atoms with van der Waals surface area (Å²) in [5.41, 5.74) is 1.54. The molecule has 130 valence electrons. The third kappa shape index (κ3) is 5.76. The van der Waals surface area contributed by atoms with Crippen LogP contribution in [0.4, 0.5) is 4.39 Å². The van der Waals surface area contributed by atoms with Crippen molar-refractivity contribution >= 4 is 11.8 Å². The van der Waals surface area contributed by atoms with E-state index in [1.54, 1.807) is 36.4 Å². The lowest BCUT2D eigenvalue weighted by Gasteiger charge is -2.07. The number of carbonyl (C=O) groups is 2. The molecular weight excluding hydrogens is 327 g/mol. The van der Waals surface area contributed by atoms with Crippen molar-refractivity contribution in [3.8, 4) is 5.75 Å². The Morgan fingerprint density at radius 2 is 1.64 bits per heavy atom. The molecule has 1 N–H and O–H groups in total. The van der Waals surface area contributed by atoms with Gasteiger partial charge < -0.3 is 14.6 Å². The van der Waals surface area contributed by atoms with Gasteiger partial charge in [-0.15, -0.1) is 0 Å². The number of ether oxygens (including phenoxy) is 2. The Balaban J connectivity index is 1.90. The summed E-state index contributed by atoms with van der Waals surface area (Å²) in [6, 6.07) is 12.8. The molecule has 0 unspecified atom stereocenters. The normalized spacial score (nSPS) is 11.0. The molecule has 2 aromatic rings. The highest BCUT2D eigenvalue weighted by Gasteiger charge is 2.10. The molecule has 2 aromatic carbocycles. The Bertz CT molecular complexity index is 763. The number of carbonyl (C=O) groups excluding carboxylic acids is 2. The molecule has 0 aromatic heterocycles. The number of aliphatic hydroxyl groups excluding tert-OH is 1. The fourth-order valence-electron chi connectivity index (χ4n) is 2.02. The molecule has 0 radical (unpaired) electrons. The number of rotatable bonds is 7. The smallest absolute Gasteiger partial charge is 0.373 e. The van der Waals surface area contributed by atoms with E-state index < -0.39 is 17.5 Å². The number of hydrogen-bond donors (Lipinski definition) is 1. The molecule has 0 atom stereocenters. The van der Waals surface area contributed by atoms with Gasteiger partial charge in [-0.25, -0.2) is 9.18 Å². The van der Waals surface area contributed by atoms with E-state index in [0.717, 1.165) is 18.7 Å². The summed E-state index contributed by atoms with van der Waals surface area (Å²) in [4.78, 5) is 22.8. The highest BCUT2D eigenvalue weighted by Crippen LogP contribution is 2.15. The summed E-state index contributed by atoms with van der Waals surface area (Å²) >= 11 is 0. The highest BCUT2D eigenvalue weighted by molar-refractivity contribution is 5.98. The van der Waals surface area contributed by atoms with Crippen molar-refractivity contribution in [1.82, 2.24) is 0 Å². The Hall–Kier alpha value is -3.15. The number of benzene rings is 2. The molecule has 0 amide bonds. The van der Waals surface area contributed by atoms with Crippen molar-refractivity contribution in [1.29, 1.82) is 0 Å². The first-order chi connectivity index (χ1) is 12.0. The zero-order valence-electron chi connectivity index (χ0n) is 13.6. The van der Waals surface area contributed by atoms with Gasteiger partial charge >= 0.3 is 5.97 Å². The lowest BCUT2D eigenvalue weighted by Crippen LogP contribution is -2.08. The summed E-state index contributed by atoms with van der Waals surface area (Å²) in [5.74, 6) is -1.81.